The highest BCUT2D eigenvalue weighted by Gasteiger charge is 2.32. The molecule has 5 rings (SSSR count). The van der Waals surface area contributed by atoms with Gasteiger partial charge in [0, 0.05) is 31.7 Å². The summed E-state index contributed by atoms with van der Waals surface area (Å²) in [5.41, 5.74) is 1.11. The molecule has 1 amide bonds. The number of carbonyl (C=O) groups excluding carboxylic acids is 1. The van der Waals surface area contributed by atoms with Crippen LogP contribution in [0, 0.1) is 0 Å². The van der Waals surface area contributed by atoms with Crippen LogP contribution in [0.15, 0.2) is 60.9 Å². The number of fused-ring (bicyclic) bond motifs is 1. The topological polar surface area (TPSA) is 80.0 Å². The molecule has 8 nitrogen and oxygen atoms in total. The highest BCUT2D eigenvalue weighted by molar-refractivity contribution is 5.94. The van der Waals surface area contributed by atoms with Gasteiger partial charge in [0.15, 0.2) is 17.0 Å². The van der Waals surface area contributed by atoms with E-state index in [1.807, 2.05) is 35.2 Å². The van der Waals surface area contributed by atoms with Crippen molar-refractivity contribution >= 4 is 22.9 Å². The summed E-state index contributed by atoms with van der Waals surface area (Å²) < 4.78 is 40.6. The molecule has 4 aromatic rings. The van der Waals surface area contributed by atoms with Crippen LogP contribution in [0.3, 0.4) is 0 Å². The van der Waals surface area contributed by atoms with Crippen LogP contribution in [0.5, 0.6) is 0 Å². The maximum absolute atomic E-state index is 13.0. The smallest absolute Gasteiger partial charge is 0.351 e. The number of hydrogen-bond acceptors (Lipinski definition) is 6. The van der Waals surface area contributed by atoms with Crippen molar-refractivity contribution in [1.29, 1.82) is 0 Å². The van der Waals surface area contributed by atoms with E-state index in [9.17, 15) is 18.0 Å². The zero-order valence-electron chi connectivity index (χ0n) is 17.3. The fraction of sp³-hybridized carbons (Fsp3) is 0.227. The van der Waals surface area contributed by atoms with Crippen LogP contribution in [-0.4, -0.2) is 61.9 Å². The van der Waals surface area contributed by atoms with E-state index in [0.717, 1.165) is 17.8 Å². The number of para-hydroxylation sites is 1. The molecule has 1 aliphatic heterocycles. The number of anilines is 1. The lowest BCUT2D eigenvalue weighted by Crippen LogP contribution is -2.49. The van der Waals surface area contributed by atoms with Crippen LogP contribution in [-0.2, 0) is 6.18 Å². The van der Waals surface area contributed by atoms with Crippen LogP contribution < -0.4 is 4.90 Å². The second-order valence-corrected chi connectivity index (χ2v) is 7.56. The number of nitrogens with zero attached hydrogens (tertiary/aromatic N) is 7. The molecule has 0 radical (unpaired) electrons. The molecular formula is C22H18F3N7O. The molecule has 2 aromatic heterocycles. The zero-order chi connectivity index (χ0) is 23.0. The third-order valence-corrected chi connectivity index (χ3v) is 5.52. The Kier molecular flexibility index (Phi) is 5.15. The van der Waals surface area contributed by atoms with E-state index in [1.165, 1.54) is 18.5 Å². The van der Waals surface area contributed by atoms with E-state index in [4.69, 9.17) is 0 Å². The molecule has 0 saturated carbocycles. The first-order valence-corrected chi connectivity index (χ1v) is 10.2. The van der Waals surface area contributed by atoms with Gasteiger partial charge in [-0.05, 0) is 30.3 Å². The first kappa shape index (κ1) is 20.9. The predicted molar refractivity (Wildman–Crippen MR) is 114 cm³/mol. The third kappa shape index (κ3) is 3.97. The maximum atomic E-state index is 13.0. The number of aromatic nitrogens is 5. The van der Waals surface area contributed by atoms with E-state index < -0.39 is 17.6 Å². The lowest BCUT2D eigenvalue weighted by molar-refractivity contribution is -0.137. The molecule has 0 aliphatic carbocycles. The number of carbonyl (C=O) groups is 1. The quantitative estimate of drug-likeness (QED) is 0.474. The summed E-state index contributed by atoms with van der Waals surface area (Å²) in [6, 6.07) is 14.0. The van der Waals surface area contributed by atoms with E-state index in [-0.39, 0.29) is 5.56 Å². The monoisotopic (exact) mass is 453 g/mol. The van der Waals surface area contributed by atoms with Gasteiger partial charge in [0.1, 0.15) is 6.33 Å². The van der Waals surface area contributed by atoms with Gasteiger partial charge in [-0.2, -0.15) is 17.9 Å². The van der Waals surface area contributed by atoms with Gasteiger partial charge in [0.05, 0.1) is 11.3 Å². The Morgan fingerprint density at radius 3 is 2.39 bits per heavy atom. The Bertz CT molecular complexity index is 1300. The van der Waals surface area contributed by atoms with Crippen LogP contribution in [0.25, 0.3) is 16.9 Å². The standard InChI is InChI=1S/C22H18F3N7O/c23-22(24,25)16-6-4-5-15(13-16)21(33)31-11-9-30(10-12-31)19-18-20(27-14-26-19)32(29-28-18)17-7-2-1-3-8-17/h1-8,13-14H,9-12H2. The molecule has 168 valence electrons. The molecule has 0 atom stereocenters. The minimum atomic E-state index is -4.50. The van der Waals surface area contributed by atoms with Crippen molar-refractivity contribution in [3.63, 3.8) is 0 Å². The Morgan fingerprint density at radius 1 is 0.909 bits per heavy atom. The van der Waals surface area contributed by atoms with Gasteiger partial charge in [-0.15, -0.1) is 5.10 Å². The summed E-state index contributed by atoms with van der Waals surface area (Å²) in [7, 11) is 0. The molecule has 11 heteroatoms. The van der Waals surface area contributed by atoms with E-state index in [2.05, 4.69) is 20.3 Å². The highest BCUT2D eigenvalue weighted by Crippen LogP contribution is 2.30. The van der Waals surface area contributed by atoms with E-state index in [0.29, 0.717) is 43.2 Å². The average Bonchev–Trinajstić information content (AvgIpc) is 3.28. The Hall–Kier alpha value is -4.02. The van der Waals surface area contributed by atoms with Crippen LogP contribution in [0.1, 0.15) is 15.9 Å². The lowest BCUT2D eigenvalue weighted by Gasteiger charge is -2.35. The molecule has 1 aliphatic rings. The molecule has 0 bridgehead atoms. The molecule has 1 saturated heterocycles. The van der Waals surface area contributed by atoms with Gasteiger partial charge in [-0.25, -0.2) is 9.97 Å². The SMILES string of the molecule is O=C(c1cccc(C(F)(F)F)c1)N1CCN(c2ncnc3c2nnn3-c2ccccc2)CC1. The van der Waals surface area contributed by atoms with Gasteiger partial charge in [-0.3, -0.25) is 4.79 Å². The molecule has 2 aromatic carbocycles. The molecule has 0 unspecified atom stereocenters. The number of alkyl halides is 3. The summed E-state index contributed by atoms with van der Waals surface area (Å²) in [5.74, 6) is 0.178. The first-order valence-electron chi connectivity index (χ1n) is 10.2. The molecular weight excluding hydrogens is 435 g/mol. The maximum Gasteiger partial charge on any atom is 0.416 e. The Labute approximate surface area is 186 Å². The van der Waals surface area contributed by atoms with Crippen molar-refractivity contribution in [3.8, 4) is 5.69 Å². The van der Waals surface area contributed by atoms with E-state index >= 15 is 0 Å². The minimum Gasteiger partial charge on any atom is -0.351 e. The van der Waals surface area contributed by atoms with Gasteiger partial charge >= 0.3 is 6.18 Å². The van der Waals surface area contributed by atoms with Crippen molar-refractivity contribution < 1.29 is 18.0 Å². The largest absolute Gasteiger partial charge is 0.416 e. The number of piperazine rings is 1. The fourth-order valence-electron chi connectivity index (χ4n) is 3.84. The van der Waals surface area contributed by atoms with Crippen LogP contribution >= 0.6 is 0 Å². The van der Waals surface area contributed by atoms with Crippen molar-refractivity contribution in [2.75, 3.05) is 31.1 Å². The van der Waals surface area contributed by atoms with Gasteiger partial charge < -0.3 is 9.80 Å². The third-order valence-electron chi connectivity index (χ3n) is 5.52. The van der Waals surface area contributed by atoms with Crippen molar-refractivity contribution in [1.82, 2.24) is 29.9 Å². The molecule has 0 N–H and O–H groups in total. The second kappa shape index (κ2) is 8.15. The molecule has 3 heterocycles. The number of halogens is 3. The number of amides is 1. The number of benzene rings is 2. The lowest BCUT2D eigenvalue weighted by atomic mass is 10.1. The number of rotatable bonds is 3. The summed E-state index contributed by atoms with van der Waals surface area (Å²) in [5, 5.41) is 8.48. The molecule has 1 fully saturated rings. The molecule has 0 spiro atoms. The van der Waals surface area contributed by atoms with Gasteiger partial charge in [-0.1, -0.05) is 29.5 Å². The van der Waals surface area contributed by atoms with Crippen molar-refractivity contribution in [2.45, 2.75) is 6.18 Å². The van der Waals surface area contributed by atoms with Crippen LogP contribution in [0.2, 0.25) is 0 Å². The van der Waals surface area contributed by atoms with Gasteiger partial charge in [0.2, 0.25) is 0 Å². The summed E-state index contributed by atoms with van der Waals surface area (Å²) >= 11 is 0. The fourth-order valence-corrected chi connectivity index (χ4v) is 3.84. The van der Waals surface area contributed by atoms with E-state index in [1.54, 1.807) is 9.58 Å². The predicted octanol–water partition coefficient (Wildman–Crippen LogP) is 3.19. The Morgan fingerprint density at radius 2 is 1.67 bits per heavy atom. The Balaban J connectivity index is 1.34. The van der Waals surface area contributed by atoms with Crippen LogP contribution in [0.4, 0.5) is 19.0 Å². The second-order valence-electron chi connectivity index (χ2n) is 7.56. The van der Waals surface area contributed by atoms with Crippen molar-refractivity contribution in [2.24, 2.45) is 0 Å². The minimum absolute atomic E-state index is 0.0218. The molecule has 33 heavy (non-hydrogen) atoms. The summed E-state index contributed by atoms with van der Waals surface area (Å²) in [6.45, 7) is 1.59. The zero-order valence-corrected chi connectivity index (χ0v) is 17.3. The summed E-state index contributed by atoms with van der Waals surface area (Å²) in [4.78, 5) is 25.0. The van der Waals surface area contributed by atoms with Gasteiger partial charge in [0.25, 0.3) is 5.91 Å². The summed E-state index contributed by atoms with van der Waals surface area (Å²) in [6.07, 6.45) is -3.05. The first-order chi connectivity index (χ1) is 15.9. The average molecular weight is 453 g/mol. The van der Waals surface area contributed by atoms with Crippen molar-refractivity contribution in [3.05, 3.63) is 72.1 Å². The highest BCUT2D eigenvalue weighted by atomic mass is 19.4. The normalized spacial score (nSPS) is 14.6. The number of hydrogen-bond donors (Lipinski definition) is 0.